The van der Waals surface area contributed by atoms with Crippen LogP contribution in [0.1, 0.15) is 12.1 Å². The van der Waals surface area contributed by atoms with E-state index >= 15 is 0 Å². The van der Waals surface area contributed by atoms with E-state index < -0.39 is 17.4 Å². The van der Waals surface area contributed by atoms with Gasteiger partial charge in [-0.1, -0.05) is 11.6 Å². The third kappa shape index (κ3) is 3.17. The predicted octanol–water partition coefficient (Wildman–Crippen LogP) is 3.69. The fourth-order valence-electron chi connectivity index (χ4n) is 2.08. The molecule has 0 saturated heterocycles. The van der Waals surface area contributed by atoms with Crippen molar-refractivity contribution >= 4 is 39.3 Å². The van der Waals surface area contributed by atoms with Gasteiger partial charge in [0, 0.05) is 11.6 Å². The fraction of sp³-hybridized carbons (Fsp3) is 0.143. The Labute approximate surface area is 142 Å². The summed E-state index contributed by atoms with van der Waals surface area (Å²) in [6.07, 6.45) is -1.22. The summed E-state index contributed by atoms with van der Waals surface area (Å²) in [5, 5.41) is 0.713. The Balaban J connectivity index is 1.92. The Morgan fingerprint density at radius 1 is 1.29 bits per heavy atom. The molecule has 24 heavy (non-hydrogen) atoms. The first kappa shape index (κ1) is 16.6. The zero-order valence-corrected chi connectivity index (χ0v) is 13.8. The van der Waals surface area contributed by atoms with E-state index in [1.165, 1.54) is 31.5 Å². The number of hydrogen-bond acceptors (Lipinski definition) is 4. The van der Waals surface area contributed by atoms with Gasteiger partial charge in [-0.15, -0.1) is 0 Å². The standard InChI is InChI=1S/C14H11ClF2N4O2S/c1-23-14-9(4-5-11(15)20-14)21-24(22)10-6-18-13-7(10)2-3-8(19-13)12(16)17/h2-6,12,21H,1H3,(H,18,19). The van der Waals surface area contributed by atoms with E-state index in [-0.39, 0.29) is 22.4 Å². The summed E-state index contributed by atoms with van der Waals surface area (Å²) in [7, 11) is -0.275. The summed E-state index contributed by atoms with van der Waals surface area (Å²) >= 11 is 5.78. The van der Waals surface area contributed by atoms with E-state index in [1.807, 2.05) is 0 Å². The van der Waals surface area contributed by atoms with Crippen molar-refractivity contribution in [2.75, 3.05) is 11.8 Å². The van der Waals surface area contributed by atoms with E-state index in [2.05, 4.69) is 19.7 Å². The van der Waals surface area contributed by atoms with Crippen LogP contribution in [0.4, 0.5) is 14.5 Å². The molecule has 3 aromatic heterocycles. The second kappa shape index (κ2) is 6.70. The maximum absolute atomic E-state index is 12.7. The normalized spacial score (nSPS) is 12.5. The average molecular weight is 373 g/mol. The number of aromatic amines is 1. The van der Waals surface area contributed by atoms with Gasteiger partial charge in [-0.2, -0.15) is 4.98 Å². The number of alkyl halides is 2. The lowest BCUT2D eigenvalue weighted by Gasteiger charge is -2.09. The van der Waals surface area contributed by atoms with Crippen molar-refractivity contribution in [1.82, 2.24) is 15.0 Å². The van der Waals surface area contributed by atoms with E-state index in [1.54, 1.807) is 6.07 Å². The van der Waals surface area contributed by atoms with Gasteiger partial charge in [0.1, 0.15) is 22.2 Å². The third-order valence-corrected chi connectivity index (χ3v) is 4.52. The number of aromatic nitrogens is 3. The molecule has 10 heteroatoms. The van der Waals surface area contributed by atoms with E-state index in [0.29, 0.717) is 16.0 Å². The van der Waals surface area contributed by atoms with Gasteiger partial charge in [0.05, 0.1) is 12.0 Å². The molecule has 0 fully saturated rings. The Morgan fingerprint density at radius 2 is 2.08 bits per heavy atom. The Hall–Kier alpha value is -2.26. The van der Waals surface area contributed by atoms with Gasteiger partial charge in [0.2, 0.25) is 5.88 Å². The molecule has 0 aliphatic rings. The molecule has 3 heterocycles. The Morgan fingerprint density at radius 3 is 2.79 bits per heavy atom. The molecule has 0 spiro atoms. The zero-order valence-electron chi connectivity index (χ0n) is 12.2. The minimum Gasteiger partial charge on any atom is -0.479 e. The van der Waals surface area contributed by atoms with Gasteiger partial charge in [-0.25, -0.2) is 18.0 Å². The quantitative estimate of drug-likeness (QED) is 0.669. The lowest BCUT2D eigenvalue weighted by molar-refractivity contribution is 0.146. The summed E-state index contributed by atoms with van der Waals surface area (Å²) < 4.78 is 45.7. The number of methoxy groups -OCH3 is 1. The van der Waals surface area contributed by atoms with Crippen LogP contribution in [-0.4, -0.2) is 26.3 Å². The van der Waals surface area contributed by atoms with Crippen molar-refractivity contribution in [3.8, 4) is 5.88 Å². The fourth-order valence-corrected chi connectivity index (χ4v) is 3.21. The van der Waals surface area contributed by atoms with Crippen LogP contribution in [-0.2, 0) is 11.0 Å². The first-order valence-electron chi connectivity index (χ1n) is 6.64. The summed E-state index contributed by atoms with van der Waals surface area (Å²) in [6, 6.07) is 5.75. The molecule has 2 N–H and O–H groups in total. The molecule has 1 atom stereocenters. The first-order valence-corrected chi connectivity index (χ1v) is 8.17. The van der Waals surface area contributed by atoms with Crippen molar-refractivity contribution in [1.29, 1.82) is 0 Å². The Kier molecular flexibility index (Phi) is 4.63. The van der Waals surface area contributed by atoms with Crippen LogP contribution < -0.4 is 9.46 Å². The van der Waals surface area contributed by atoms with Gasteiger partial charge in [0.25, 0.3) is 6.43 Å². The summed E-state index contributed by atoms with van der Waals surface area (Å²) in [5.74, 6) is 0.189. The molecule has 6 nitrogen and oxygen atoms in total. The molecular formula is C14H11ClF2N4O2S. The number of fused-ring (bicyclic) bond motifs is 1. The van der Waals surface area contributed by atoms with Gasteiger partial charge >= 0.3 is 0 Å². The highest BCUT2D eigenvalue weighted by Gasteiger charge is 2.16. The second-order valence-corrected chi connectivity index (χ2v) is 6.22. The highest BCUT2D eigenvalue weighted by molar-refractivity contribution is 7.86. The van der Waals surface area contributed by atoms with Gasteiger partial charge in [-0.05, 0) is 24.3 Å². The predicted molar refractivity (Wildman–Crippen MR) is 86.9 cm³/mol. The minimum absolute atomic E-state index is 0.189. The van der Waals surface area contributed by atoms with Crippen LogP contribution in [0.2, 0.25) is 5.15 Å². The summed E-state index contributed by atoms with van der Waals surface area (Å²) in [6.45, 7) is 0. The zero-order chi connectivity index (χ0) is 17.3. The molecule has 0 bridgehead atoms. The smallest absolute Gasteiger partial charge is 0.280 e. The highest BCUT2D eigenvalue weighted by atomic mass is 35.5. The molecule has 3 rings (SSSR count). The number of halogens is 3. The van der Waals surface area contributed by atoms with E-state index in [0.717, 1.165) is 0 Å². The maximum atomic E-state index is 12.7. The molecule has 0 saturated carbocycles. The topological polar surface area (TPSA) is 79.9 Å². The number of pyridine rings is 2. The third-order valence-electron chi connectivity index (χ3n) is 3.17. The lowest BCUT2D eigenvalue weighted by atomic mass is 10.3. The lowest BCUT2D eigenvalue weighted by Crippen LogP contribution is -2.06. The number of rotatable bonds is 5. The number of anilines is 1. The molecule has 0 aromatic carbocycles. The summed E-state index contributed by atoms with van der Waals surface area (Å²) in [5.41, 5.74) is 0.268. The first-order chi connectivity index (χ1) is 11.5. The van der Waals surface area contributed by atoms with Crippen LogP contribution in [0.5, 0.6) is 5.88 Å². The SMILES string of the molecule is COc1nc(Cl)ccc1NS(=O)c1c[nH]c2nc(C(F)F)ccc12. The monoisotopic (exact) mass is 372 g/mol. The average Bonchev–Trinajstić information content (AvgIpc) is 2.99. The number of nitrogens with one attached hydrogen (secondary N) is 2. The Bertz CT molecular complexity index is 919. The van der Waals surface area contributed by atoms with Crippen molar-refractivity contribution in [2.24, 2.45) is 0 Å². The molecule has 3 aromatic rings. The number of H-pyrrole nitrogens is 1. The molecule has 126 valence electrons. The van der Waals surface area contributed by atoms with Crippen molar-refractivity contribution < 1.29 is 17.7 Å². The van der Waals surface area contributed by atoms with Crippen molar-refractivity contribution in [3.05, 3.63) is 41.3 Å². The van der Waals surface area contributed by atoms with Crippen LogP contribution in [0.25, 0.3) is 11.0 Å². The van der Waals surface area contributed by atoms with Gasteiger partial charge in [-0.3, -0.25) is 4.72 Å². The molecule has 0 radical (unpaired) electrons. The number of ether oxygens (including phenoxy) is 1. The second-order valence-electron chi connectivity index (χ2n) is 4.65. The minimum atomic E-state index is -2.67. The molecule has 0 aliphatic heterocycles. The van der Waals surface area contributed by atoms with Gasteiger partial charge < -0.3 is 9.72 Å². The summed E-state index contributed by atoms with van der Waals surface area (Å²) in [4.78, 5) is 10.9. The van der Waals surface area contributed by atoms with Crippen molar-refractivity contribution in [2.45, 2.75) is 11.3 Å². The molecule has 0 amide bonds. The highest BCUT2D eigenvalue weighted by Crippen LogP contribution is 2.28. The van der Waals surface area contributed by atoms with Crippen LogP contribution >= 0.6 is 11.6 Å². The number of nitrogens with zero attached hydrogens (tertiary/aromatic N) is 2. The van der Waals surface area contributed by atoms with Crippen molar-refractivity contribution in [3.63, 3.8) is 0 Å². The molecular weight excluding hydrogens is 362 g/mol. The molecule has 0 aliphatic carbocycles. The van der Waals surface area contributed by atoms with Gasteiger partial charge in [0.15, 0.2) is 11.0 Å². The van der Waals surface area contributed by atoms with Crippen LogP contribution in [0.3, 0.4) is 0 Å². The van der Waals surface area contributed by atoms with E-state index in [9.17, 15) is 13.0 Å². The van der Waals surface area contributed by atoms with Crippen LogP contribution in [0.15, 0.2) is 35.4 Å². The van der Waals surface area contributed by atoms with E-state index in [4.69, 9.17) is 16.3 Å². The maximum Gasteiger partial charge on any atom is 0.280 e. The van der Waals surface area contributed by atoms with Crippen LogP contribution in [0, 0.1) is 0 Å². The largest absolute Gasteiger partial charge is 0.479 e. The molecule has 1 unspecified atom stereocenters. The number of hydrogen-bond donors (Lipinski definition) is 2.